The number of hydrogen-bond acceptors (Lipinski definition) is 4. The molecule has 21 heavy (non-hydrogen) atoms. The molecule has 1 amide bonds. The Kier molecular flexibility index (Phi) is 3.47. The van der Waals surface area contributed by atoms with Crippen molar-refractivity contribution < 1.29 is 14.3 Å². The molecule has 0 saturated heterocycles. The van der Waals surface area contributed by atoms with E-state index in [4.69, 9.17) is 4.74 Å². The van der Waals surface area contributed by atoms with Crippen molar-refractivity contribution >= 4 is 11.9 Å². The van der Waals surface area contributed by atoms with Gasteiger partial charge in [-0.3, -0.25) is 9.48 Å². The highest BCUT2D eigenvalue weighted by Crippen LogP contribution is 2.64. The Labute approximate surface area is 123 Å². The summed E-state index contributed by atoms with van der Waals surface area (Å²) in [5.74, 6) is -0.421. The van der Waals surface area contributed by atoms with E-state index in [1.165, 1.54) is 20.0 Å². The molecule has 1 atom stereocenters. The first-order valence-electron chi connectivity index (χ1n) is 7.49. The van der Waals surface area contributed by atoms with Crippen LogP contribution < -0.4 is 5.32 Å². The summed E-state index contributed by atoms with van der Waals surface area (Å²) >= 11 is 0. The van der Waals surface area contributed by atoms with Gasteiger partial charge >= 0.3 is 5.97 Å². The number of ether oxygens (including phenoxy) is 1. The van der Waals surface area contributed by atoms with Crippen molar-refractivity contribution in [2.45, 2.75) is 45.2 Å². The third-order valence-corrected chi connectivity index (χ3v) is 4.81. The van der Waals surface area contributed by atoms with Crippen LogP contribution in [0.4, 0.5) is 0 Å². The van der Waals surface area contributed by atoms with Gasteiger partial charge in [-0.05, 0) is 50.0 Å². The van der Waals surface area contributed by atoms with E-state index in [1.807, 2.05) is 6.92 Å². The molecular formula is C15H21N3O3. The number of methoxy groups -OCH3 is 1. The van der Waals surface area contributed by atoms with E-state index in [2.05, 4.69) is 10.4 Å². The maximum atomic E-state index is 12.4. The fourth-order valence-electron chi connectivity index (χ4n) is 3.36. The van der Waals surface area contributed by atoms with Gasteiger partial charge in [0.15, 0.2) is 0 Å². The van der Waals surface area contributed by atoms with Crippen LogP contribution in [0.15, 0.2) is 12.3 Å². The van der Waals surface area contributed by atoms with Gasteiger partial charge in [0.2, 0.25) is 0 Å². The normalized spacial score (nSPS) is 20.7. The molecule has 1 aromatic heterocycles. The zero-order valence-electron chi connectivity index (χ0n) is 12.5. The van der Waals surface area contributed by atoms with Crippen molar-refractivity contribution in [2.75, 3.05) is 7.11 Å². The smallest absolute Gasteiger partial charge is 0.328 e. The van der Waals surface area contributed by atoms with Crippen LogP contribution in [0.25, 0.3) is 0 Å². The number of carbonyl (C=O) groups is 2. The molecule has 0 radical (unpaired) electrons. The van der Waals surface area contributed by atoms with Crippen molar-refractivity contribution in [3.8, 4) is 0 Å². The van der Waals surface area contributed by atoms with E-state index in [0.717, 1.165) is 12.8 Å². The van der Waals surface area contributed by atoms with Gasteiger partial charge in [-0.25, -0.2) is 4.79 Å². The standard InChI is InChI=1S/C15H21N3O3/c1-3-18-11(4-7-16-18)13(19)17-12(14(20)21-2)10-8-15(9-10)5-6-15/h4,7,10,12H,3,5-6,8-9H2,1-2H3,(H,17,19)/t12-/m0/s1. The predicted octanol–water partition coefficient (Wildman–Crippen LogP) is 1.36. The van der Waals surface area contributed by atoms with Crippen LogP contribution >= 0.6 is 0 Å². The fourth-order valence-corrected chi connectivity index (χ4v) is 3.36. The first kappa shape index (κ1) is 14.1. The molecule has 6 nitrogen and oxygen atoms in total. The number of nitrogens with zero attached hydrogens (tertiary/aromatic N) is 2. The molecule has 1 N–H and O–H groups in total. The molecule has 2 aliphatic rings. The van der Waals surface area contributed by atoms with Gasteiger partial charge in [0.05, 0.1) is 7.11 Å². The quantitative estimate of drug-likeness (QED) is 0.831. The first-order valence-corrected chi connectivity index (χ1v) is 7.49. The maximum absolute atomic E-state index is 12.4. The van der Waals surface area contributed by atoms with Crippen LogP contribution in [0.1, 0.15) is 43.1 Å². The van der Waals surface area contributed by atoms with Gasteiger partial charge in [0, 0.05) is 12.7 Å². The summed E-state index contributed by atoms with van der Waals surface area (Å²) in [5, 5.41) is 6.92. The summed E-state index contributed by atoms with van der Waals surface area (Å²) in [6.45, 7) is 2.54. The Morgan fingerprint density at radius 1 is 1.52 bits per heavy atom. The number of aryl methyl sites for hydroxylation is 1. The molecule has 2 saturated carbocycles. The second-order valence-electron chi connectivity index (χ2n) is 6.17. The number of amides is 1. The lowest BCUT2D eigenvalue weighted by Crippen LogP contribution is -2.51. The Bertz CT molecular complexity index is 554. The molecule has 1 aromatic rings. The molecule has 6 heteroatoms. The maximum Gasteiger partial charge on any atom is 0.328 e. The van der Waals surface area contributed by atoms with E-state index in [1.54, 1.807) is 16.9 Å². The fraction of sp³-hybridized carbons (Fsp3) is 0.667. The minimum absolute atomic E-state index is 0.196. The number of carbonyl (C=O) groups excluding carboxylic acids is 2. The second-order valence-corrected chi connectivity index (χ2v) is 6.17. The summed E-state index contributed by atoms with van der Waals surface area (Å²) in [7, 11) is 1.36. The SMILES string of the molecule is CCn1nccc1C(=O)N[C@H](C(=O)OC)C1CC2(CC2)C1. The Morgan fingerprint density at radius 2 is 2.24 bits per heavy atom. The van der Waals surface area contributed by atoms with Crippen molar-refractivity contribution in [3.63, 3.8) is 0 Å². The third kappa shape index (κ3) is 2.54. The molecule has 2 fully saturated rings. The molecule has 0 bridgehead atoms. The predicted molar refractivity (Wildman–Crippen MR) is 75.6 cm³/mol. The zero-order valence-corrected chi connectivity index (χ0v) is 12.5. The molecule has 0 aliphatic heterocycles. The van der Waals surface area contributed by atoms with Gasteiger partial charge in [-0.2, -0.15) is 5.10 Å². The van der Waals surface area contributed by atoms with Crippen molar-refractivity contribution in [3.05, 3.63) is 18.0 Å². The average molecular weight is 291 g/mol. The van der Waals surface area contributed by atoms with Gasteiger partial charge in [-0.1, -0.05) is 0 Å². The minimum Gasteiger partial charge on any atom is -0.467 e. The number of aromatic nitrogens is 2. The lowest BCUT2D eigenvalue weighted by atomic mass is 9.68. The molecule has 3 rings (SSSR count). The summed E-state index contributed by atoms with van der Waals surface area (Å²) in [4.78, 5) is 24.3. The first-order chi connectivity index (χ1) is 10.1. The summed E-state index contributed by atoms with van der Waals surface area (Å²) in [6.07, 6.45) is 6.14. The molecule has 0 aromatic carbocycles. The van der Waals surface area contributed by atoms with Crippen LogP contribution in [0.2, 0.25) is 0 Å². The van der Waals surface area contributed by atoms with Gasteiger partial charge in [0.1, 0.15) is 11.7 Å². The van der Waals surface area contributed by atoms with E-state index >= 15 is 0 Å². The molecule has 0 unspecified atom stereocenters. The Morgan fingerprint density at radius 3 is 2.81 bits per heavy atom. The summed E-state index contributed by atoms with van der Waals surface area (Å²) in [5.41, 5.74) is 0.958. The largest absolute Gasteiger partial charge is 0.467 e. The van der Waals surface area contributed by atoms with Crippen molar-refractivity contribution in [2.24, 2.45) is 11.3 Å². The van der Waals surface area contributed by atoms with Crippen LogP contribution in [0.3, 0.4) is 0 Å². The molecular weight excluding hydrogens is 270 g/mol. The van der Waals surface area contributed by atoms with Crippen molar-refractivity contribution in [1.29, 1.82) is 0 Å². The Hall–Kier alpha value is -1.85. The van der Waals surface area contributed by atoms with Gasteiger partial charge in [-0.15, -0.1) is 0 Å². The number of hydrogen-bond donors (Lipinski definition) is 1. The van der Waals surface area contributed by atoms with Crippen LogP contribution in [0.5, 0.6) is 0 Å². The van der Waals surface area contributed by atoms with E-state index < -0.39 is 6.04 Å². The highest BCUT2D eigenvalue weighted by atomic mass is 16.5. The topological polar surface area (TPSA) is 73.2 Å². The van der Waals surface area contributed by atoms with Crippen LogP contribution in [-0.2, 0) is 16.1 Å². The molecule has 114 valence electrons. The zero-order chi connectivity index (χ0) is 15.0. The lowest BCUT2D eigenvalue weighted by molar-refractivity contribution is -0.146. The highest BCUT2D eigenvalue weighted by Gasteiger charge is 2.56. The van der Waals surface area contributed by atoms with E-state index in [-0.39, 0.29) is 17.8 Å². The highest BCUT2D eigenvalue weighted by molar-refractivity contribution is 5.95. The van der Waals surface area contributed by atoms with Crippen LogP contribution in [-0.4, -0.2) is 34.8 Å². The lowest BCUT2D eigenvalue weighted by Gasteiger charge is -2.40. The third-order valence-electron chi connectivity index (χ3n) is 4.81. The number of nitrogens with one attached hydrogen (secondary N) is 1. The average Bonchev–Trinajstić information content (AvgIpc) is 3.11. The minimum atomic E-state index is -0.547. The molecule has 2 aliphatic carbocycles. The van der Waals surface area contributed by atoms with E-state index in [9.17, 15) is 9.59 Å². The monoisotopic (exact) mass is 291 g/mol. The van der Waals surface area contributed by atoms with Crippen molar-refractivity contribution in [1.82, 2.24) is 15.1 Å². The summed E-state index contributed by atoms with van der Waals surface area (Å²) in [6, 6.07) is 1.12. The van der Waals surface area contributed by atoms with E-state index in [0.29, 0.717) is 17.7 Å². The second kappa shape index (κ2) is 5.16. The number of rotatable bonds is 5. The summed E-state index contributed by atoms with van der Waals surface area (Å²) < 4.78 is 6.47. The number of esters is 1. The Balaban J connectivity index is 1.69. The molecule has 1 spiro atoms. The van der Waals surface area contributed by atoms with Gasteiger partial charge < -0.3 is 10.1 Å². The molecule has 1 heterocycles. The van der Waals surface area contributed by atoms with Crippen LogP contribution in [0, 0.1) is 11.3 Å². The van der Waals surface area contributed by atoms with Gasteiger partial charge in [0.25, 0.3) is 5.91 Å².